The van der Waals surface area contributed by atoms with Crippen LogP contribution in [-0.2, 0) is 0 Å². The second kappa shape index (κ2) is 3.49. The predicted octanol–water partition coefficient (Wildman–Crippen LogP) is 0.786. The summed E-state index contributed by atoms with van der Waals surface area (Å²) in [5, 5.41) is 10.1. The SMILES string of the molecule is Cc1ccc2[nH]c(=O)cc(C(N)O)c2c1. The van der Waals surface area contributed by atoms with Crippen LogP contribution in [0.4, 0.5) is 0 Å². The minimum atomic E-state index is -1.13. The summed E-state index contributed by atoms with van der Waals surface area (Å²) in [4.78, 5) is 14.0. The predicted molar refractivity (Wildman–Crippen MR) is 58.5 cm³/mol. The molecule has 15 heavy (non-hydrogen) atoms. The fourth-order valence-corrected chi connectivity index (χ4v) is 1.64. The highest BCUT2D eigenvalue weighted by Crippen LogP contribution is 2.19. The van der Waals surface area contributed by atoms with Crippen LogP contribution in [0.15, 0.2) is 29.1 Å². The zero-order chi connectivity index (χ0) is 11.0. The second-order valence-electron chi connectivity index (χ2n) is 3.58. The highest BCUT2D eigenvalue weighted by molar-refractivity contribution is 5.82. The van der Waals surface area contributed by atoms with Gasteiger partial charge in [0.25, 0.3) is 0 Å². The minimum Gasteiger partial charge on any atom is -0.375 e. The lowest BCUT2D eigenvalue weighted by atomic mass is 10.1. The monoisotopic (exact) mass is 204 g/mol. The van der Waals surface area contributed by atoms with Gasteiger partial charge in [0.05, 0.1) is 0 Å². The molecule has 1 aromatic heterocycles. The van der Waals surface area contributed by atoms with Gasteiger partial charge in [0.1, 0.15) is 6.23 Å². The van der Waals surface area contributed by atoms with Crippen molar-refractivity contribution in [2.75, 3.05) is 0 Å². The molecule has 2 aromatic rings. The van der Waals surface area contributed by atoms with Crippen LogP contribution >= 0.6 is 0 Å². The third kappa shape index (κ3) is 1.77. The Labute approximate surface area is 86.4 Å². The smallest absolute Gasteiger partial charge is 0.248 e. The number of nitrogens with two attached hydrogens (primary N) is 1. The minimum absolute atomic E-state index is 0.258. The highest BCUT2D eigenvalue weighted by Gasteiger charge is 2.08. The molecule has 0 bridgehead atoms. The topological polar surface area (TPSA) is 79.1 Å². The number of aryl methyl sites for hydroxylation is 1. The quantitative estimate of drug-likeness (QED) is 0.601. The van der Waals surface area contributed by atoms with E-state index in [0.717, 1.165) is 10.9 Å². The molecule has 0 aliphatic rings. The molecule has 0 aliphatic heterocycles. The van der Waals surface area contributed by atoms with Crippen molar-refractivity contribution in [3.63, 3.8) is 0 Å². The largest absolute Gasteiger partial charge is 0.375 e. The Morgan fingerprint density at radius 1 is 1.40 bits per heavy atom. The molecule has 1 unspecified atom stereocenters. The van der Waals surface area contributed by atoms with Crippen molar-refractivity contribution in [1.82, 2.24) is 4.98 Å². The Bertz CT molecular complexity index is 558. The Hall–Kier alpha value is -1.65. The molecule has 0 saturated heterocycles. The molecule has 0 spiro atoms. The van der Waals surface area contributed by atoms with Crippen LogP contribution in [0.25, 0.3) is 10.9 Å². The second-order valence-corrected chi connectivity index (χ2v) is 3.58. The number of aliphatic hydroxyl groups is 1. The number of benzene rings is 1. The molecule has 0 radical (unpaired) electrons. The van der Waals surface area contributed by atoms with Gasteiger partial charge in [-0.05, 0) is 19.1 Å². The van der Waals surface area contributed by atoms with Crippen molar-refractivity contribution in [2.24, 2.45) is 5.73 Å². The van der Waals surface area contributed by atoms with Crippen LogP contribution in [0.5, 0.6) is 0 Å². The first-order chi connectivity index (χ1) is 7.08. The van der Waals surface area contributed by atoms with Gasteiger partial charge in [0.15, 0.2) is 0 Å². The van der Waals surface area contributed by atoms with Crippen molar-refractivity contribution in [2.45, 2.75) is 13.2 Å². The van der Waals surface area contributed by atoms with Crippen molar-refractivity contribution in [3.8, 4) is 0 Å². The Kier molecular flexibility index (Phi) is 2.30. The lowest BCUT2D eigenvalue weighted by Crippen LogP contribution is -2.14. The van der Waals surface area contributed by atoms with Crippen LogP contribution in [0.2, 0.25) is 0 Å². The number of rotatable bonds is 1. The molecule has 0 saturated carbocycles. The number of aliphatic hydroxyl groups excluding tert-OH is 1. The first-order valence-electron chi connectivity index (χ1n) is 4.65. The summed E-state index contributed by atoms with van der Waals surface area (Å²) in [6, 6.07) is 6.91. The van der Waals surface area contributed by atoms with Crippen molar-refractivity contribution in [1.29, 1.82) is 0 Å². The Morgan fingerprint density at radius 3 is 2.80 bits per heavy atom. The maximum atomic E-state index is 11.3. The molecule has 2 rings (SSSR count). The summed E-state index contributed by atoms with van der Waals surface area (Å²) in [7, 11) is 0. The lowest BCUT2D eigenvalue weighted by molar-refractivity contribution is 0.187. The maximum absolute atomic E-state index is 11.3. The summed E-state index contributed by atoms with van der Waals surface area (Å²) in [5.74, 6) is 0. The van der Waals surface area contributed by atoms with E-state index in [1.807, 2.05) is 19.1 Å². The summed E-state index contributed by atoms with van der Waals surface area (Å²) in [6.45, 7) is 1.94. The van der Waals surface area contributed by atoms with E-state index < -0.39 is 6.23 Å². The van der Waals surface area contributed by atoms with Gasteiger partial charge in [0, 0.05) is 22.5 Å². The molecule has 0 fully saturated rings. The Balaban J connectivity index is 2.88. The van der Waals surface area contributed by atoms with E-state index in [4.69, 9.17) is 5.73 Å². The Morgan fingerprint density at radius 2 is 2.13 bits per heavy atom. The summed E-state index contributed by atoms with van der Waals surface area (Å²) >= 11 is 0. The number of nitrogens with one attached hydrogen (secondary N) is 1. The van der Waals surface area contributed by atoms with Crippen LogP contribution in [0.1, 0.15) is 17.4 Å². The molecular weight excluding hydrogens is 192 g/mol. The molecule has 0 amide bonds. The van der Waals surface area contributed by atoms with Gasteiger partial charge in [-0.15, -0.1) is 0 Å². The summed E-state index contributed by atoms with van der Waals surface area (Å²) < 4.78 is 0. The molecule has 1 atom stereocenters. The summed E-state index contributed by atoms with van der Waals surface area (Å²) in [5.41, 5.74) is 7.34. The van der Waals surface area contributed by atoms with Gasteiger partial charge >= 0.3 is 0 Å². The van der Waals surface area contributed by atoms with Gasteiger partial charge in [-0.3, -0.25) is 4.79 Å². The van der Waals surface area contributed by atoms with E-state index >= 15 is 0 Å². The number of hydrogen-bond donors (Lipinski definition) is 3. The molecule has 4 N–H and O–H groups in total. The van der Waals surface area contributed by atoms with Crippen molar-refractivity contribution < 1.29 is 5.11 Å². The number of H-pyrrole nitrogens is 1. The summed E-state index contributed by atoms with van der Waals surface area (Å²) in [6.07, 6.45) is -1.13. The molecule has 0 aliphatic carbocycles. The van der Waals surface area contributed by atoms with Gasteiger partial charge < -0.3 is 15.8 Å². The van der Waals surface area contributed by atoms with E-state index in [1.54, 1.807) is 6.07 Å². The van der Waals surface area contributed by atoms with Crippen molar-refractivity contribution in [3.05, 3.63) is 45.7 Å². The van der Waals surface area contributed by atoms with Gasteiger partial charge in [-0.2, -0.15) is 0 Å². The molecule has 78 valence electrons. The van der Waals surface area contributed by atoms with Crippen LogP contribution in [-0.4, -0.2) is 10.1 Å². The lowest BCUT2D eigenvalue weighted by Gasteiger charge is -2.09. The van der Waals surface area contributed by atoms with Crippen LogP contribution in [0.3, 0.4) is 0 Å². The van der Waals surface area contributed by atoms with E-state index in [9.17, 15) is 9.90 Å². The van der Waals surface area contributed by atoms with E-state index in [-0.39, 0.29) is 5.56 Å². The van der Waals surface area contributed by atoms with E-state index in [2.05, 4.69) is 4.98 Å². The first kappa shape index (κ1) is 9.89. The average molecular weight is 204 g/mol. The van der Waals surface area contributed by atoms with E-state index in [1.165, 1.54) is 6.07 Å². The first-order valence-corrected chi connectivity index (χ1v) is 4.65. The fourth-order valence-electron chi connectivity index (χ4n) is 1.64. The van der Waals surface area contributed by atoms with Crippen LogP contribution < -0.4 is 11.3 Å². The van der Waals surface area contributed by atoms with Gasteiger partial charge in [-0.25, -0.2) is 0 Å². The van der Waals surface area contributed by atoms with Crippen molar-refractivity contribution >= 4 is 10.9 Å². The third-order valence-corrected chi connectivity index (χ3v) is 2.35. The molecule has 4 heteroatoms. The highest BCUT2D eigenvalue weighted by atomic mass is 16.3. The number of hydrogen-bond acceptors (Lipinski definition) is 3. The number of aromatic amines is 1. The normalized spacial score (nSPS) is 13.0. The third-order valence-electron chi connectivity index (χ3n) is 2.35. The molecule has 1 aromatic carbocycles. The van der Waals surface area contributed by atoms with Gasteiger partial charge in [-0.1, -0.05) is 11.6 Å². The maximum Gasteiger partial charge on any atom is 0.248 e. The number of fused-ring (bicyclic) bond motifs is 1. The zero-order valence-corrected chi connectivity index (χ0v) is 8.32. The molecule has 4 nitrogen and oxygen atoms in total. The van der Waals surface area contributed by atoms with E-state index in [0.29, 0.717) is 11.1 Å². The average Bonchev–Trinajstić information content (AvgIpc) is 2.17. The number of aromatic nitrogens is 1. The number of pyridine rings is 1. The standard InChI is InChI=1S/C11H12N2O2/c1-6-2-3-9-7(4-6)8(11(12)15)5-10(14)13-9/h2-5,11,15H,12H2,1H3,(H,13,14). The molecular formula is C11H12N2O2. The van der Waals surface area contributed by atoms with Crippen LogP contribution in [0, 0.1) is 6.92 Å². The fraction of sp³-hybridized carbons (Fsp3) is 0.182. The molecule has 1 heterocycles. The zero-order valence-electron chi connectivity index (χ0n) is 8.32. The van der Waals surface area contributed by atoms with Gasteiger partial charge in [0.2, 0.25) is 5.56 Å².